The Labute approximate surface area is 267 Å². The van der Waals surface area contributed by atoms with Gasteiger partial charge in [0.25, 0.3) is 5.91 Å². The van der Waals surface area contributed by atoms with Crippen LogP contribution in [0.2, 0.25) is 0 Å². The lowest BCUT2D eigenvalue weighted by atomic mass is 9.73. The zero-order chi connectivity index (χ0) is 33.4. The van der Waals surface area contributed by atoms with Crippen LogP contribution in [0.25, 0.3) is 10.9 Å². The topological polar surface area (TPSA) is 136 Å². The number of hydrogen-bond acceptors (Lipinski definition) is 6. The van der Waals surface area contributed by atoms with Gasteiger partial charge in [-0.2, -0.15) is 5.10 Å². The summed E-state index contributed by atoms with van der Waals surface area (Å²) < 4.78 is 19.0. The van der Waals surface area contributed by atoms with Gasteiger partial charge in [0.15, 0.2) is 0 Å². The number of hydrazone groups is 1. The highest BCUT2D eigenvalue weighted by Gasteiger charge is 2.54. The van der Waals surface area contributed by atoms with E-state index in [0.29, 0.717) is 18.7 Å². The van der Waals surface area contributed by atoms with E-state index in [-0.39, 0.29) is 37.0 Å². The van der Waals surface area contributed by atoms with E-state index in [0.717, 1.165) is 22.0 Å². The third-order valence-electron chi connectivity index (χ3n) is 8.42. The van der Waals surface area contributed by atoms with Gasteiger partial charge in [0.2, 0.25) is 11.8 Å². The Morgan fingerprint density at radius 3 is 2.48 bits per heavy atom. The van der Waals surface area contributed by atoms with Crippen LogP contribution in [-0.4, -0.2) is 81.7 Å². The van der Waals surface area contributed by atoms with Crippen LogP contribution in [0.1, 0.15) is 52.2 Å². The summed E-state index contributed by atoms with van der Waals surface area (Å²) >= 11 is 0. The maximum atomic E-state index is 14.4. The third-order valence-corrected chi connectivity index (χ3v) is 8.42. The molecule has 3 N–H and O–H groups in total. The summed E-state index contributed by atoms with van der Waals surface area (Å²) in [6.45, 7) is 8.58. The third kappa shape index (κ3) is 6.75. The minimum Gasteiger partial charge on any atom is -0.444 e. The molecule has 11 nitrogen and oxygen atoms in total. The number of piperidine rings is 1. The fourth-order valence-corrected chi connectivity index (χ4v) is 6.12. The minimum atomic E-state index is -1.42. The first kappa shape index (κ1) is 32.6. The molecule has 1 fully saturated rings. The minimum absolute atomic E-state index is 0.0466. The number of hydrogen-bond donors (Lipinski definition) is 3. The standard InChI is InChI=1S/C34H41FN6O5/c1-32(2,3)46-31(45)38-33(4,5)29(43)37-26(17-22-19-36-25-10-8-7-9-24(22)25)28(42)41-16-15-27-34(20-41,30(44)40(6)39-27)18-21-11-13-23(35)14-12-21/h7-14,19,26,36H,15-18,20H2,1-6H3,(H,37,43)(H,38,45)/t26-,34?/m1/s1. The van der Waals surface area contributed by atoms with Crippen LogP contribution in [0.15, 0.2) is 59.8 Å². The maximum Gasteiger partial charge on any atom is 0.408 e. The highest BCUT2D eigenvalue weighted by molar-refractivity contribution is 6.13. The van der Waals surface area contributed by atoms with E-state index in [2.05, 4.69) is 20.7 Å². The largest absolute Gasteiger partial charge is 0.444 e. The number of para-hydroxylation sites is 1. The van der Waals surface area contributed by atoms with Crippen molar-refractivity contribution >= 4 is 40.4 Å². The number of carbonyl (C=O) groups excluding carboxylic acids is 4. The van der Waals surface area contributed by atoms with Gasteiger partial charge in [-0.3, -0.25) is 14.4 Å². The van der Waals surface area contributed by atoms with Gasteiger partial charge in [-0.05, 0) is 70.4 Å². The lowest BCUT2D eigenvalue weighted by Crippen LogP contribution is -2.62. The van der Waals surface area contributed by atoms with E-state index in [1.54, 1.807) is 44.9 Å². The molecule has 0 spiro atoms. The molecule has 46 heavy (non-hydrogen) atoms. The number of nitrogens with one attached hydrogen (secondary N) is 3. The van der Waals surface area contributed by atoms with Crippen LogP contribution in [0.4, 0.5) is 9.18 Å². The second-order valence-electron chi connectivity index (χ2n) is 13.6. The molecule has 2 aromatic carbocycles. The molecule has 244 valence electrons. The van der Waals surface area contributed by atoms with Crippen molar-refractivity contribution in [2.24, 2.45) is 10.5 Å². The van der Waals surface area contributed by atoms with Gasteiger partial charge in [-0.1, -0.05) is 30.3 Å². The van der Waals surface area contributed by atoms with E-state index >= 15 is 0 Å². The quantitative estimate of drug-likeness (QED) is 0.346. The second-order valence-corrected chi connectivity index (χ2v) is 13.6. The van der Waals surface area contributed by atoms with Crippen molar-refractivity contribution in [1.82, 2.24) is 25.5 Å². The smallest absolute Gasteiger partial charge is 0.408 e. The van der Waals surface area contributed by atoms with E-state index in [9.17, 15) is 23.6 Å². The summed E-state index contributed by atoms with van der Waals surface area (Å²) in [5, 5.41) is 12.2. The first-order valence-electron chi connectivity index (χ1n) is 15.3. The van der Waals surface area contributed by atoms with Crippen LogP contribution in [0.5, 0.6) is 0 Å². The molecule has 2 aliphatic heterocycles. The number of benzene rings is 2. The Morgan fingerprint density at radius 2 is 1.78 bits per heavy atom. The highest BCUT2D eigenvalue weighted by atomic mass is 19.1. The van der Waals surface area contributed by atoms with Crippen molar-refractivity contribution in [2.45, 2.75) is 71.1 Å². The Hall–Kier alpha value is -4.74. The summed E-state index contributed by atoms with van der Waals surface area (Å²) in [7, 11) is 1.59. The molecule has 1 saturated heterocycles. The molecule has 0 aliphatic carbocycles. The van der Waals surface area contributed by atoms with Crippen molar-refractivity contribution in [2.75, 3.05) is 20.1 Å². The van der Waals surface area contributed by atoms with Crippen molar-refractivity contribution < 1.29 is 28.3 Å². The number of ether oxygens (including phenoxy) is 1. The molecule has 0 radical (unpaired) electrons. The average molecular weight is 633 g/mol. The number of aromatic amines is 1. The van der Waals surface area contributed by atoms with E-state index in [4.69, 9.17) is 4.74 Å². The molecule has 4 amide bonds. The summed E-state index contributed by atoms with van der Waals surface area (Å²) in [6.07, 6.45) is 1.82. The Morgan fingerprint density at radius 1 is 1.09 bits per heavy atom. The fraction of sp³-hybridized carbons (Fsp3) is 0.441. The van der Waals surface area contributed by atoms with Gasteiger partial charge in [0.1, 0.15) is 28.4 Å². The van der Waals surface area contributed by atoms with Gasteiger partial charge in [0.05, 0.1) is 5.71 Å². The predicted molar refractivity (Wildman–Crippen MR) is 171 cm³/mol. The number of carbonyl (C=O) groups is 4. The normalized spacial score (nSPS) is 19.0. The SMILES string of the molecule is CN1N=C2CCN(C(=O)[C@@H](Cc3c[nH]c4ccccc34)NC(=O)C(C)(C)NC(=O)OC(C)(C)C)CC2(Cc2ccc(F)cc2)C1=O. The molecule has 0 bridgehead atoms. The number of H-pyrrole nitrogens is 1. The molecule has 2 aliphatic rings. The van der Waals surface area contributed by atoms with Crippen LogP contribution in [-0.2, 0) is 32.0 Å². The monoisotopic (exact) mass is 632 g/mol. The van der Waals surface area contributed by atoms with E-state index in [1.807, 2.05) is 30.5 Å². The average Bonchev–Trinajstić information content (AvgIpc) is 3.49. The number of amides is 4. The number of likely N-dealkylation sites (tertiary alicyclic amines) is 1. The zero-order valence-electron chi connectivity index (χ0n) is 27.1. The molecular formula is C34H41FN6O5. The van der Waals surface area contributed by atoms with Crippen LogP contribution >= 0.6 is 0 Å². The number of alkyl carbamates (subject to hydrolysis) is 1. The lowest BCUT2D eigenvalue weighted by Gasteiger charge is -2.41. The molecule has 5 rings (SSSR count). The number of rotatable bonds is 8. The molecule has 3 heterocycles. The molecule has 3 aromatic rings. The molecule has 2 atom stereocenters. The summed E-state index contributed by atoms with van der Waals surface area (Å²) in [5.41, 5.74) is -0.178. The molecule has 1 aromatic heterocycles. The predicted octanol–water partition coefficient (Wildman–Crippen LogP) is 3.93. The summed E-state index contributed by atoms with van der Waals surface area (Å²) in [5.74, 6) is -1.57. The number of halogens is 1. The summed E-state index contributed by atoms with van der Waals surface area (Å²) in [4.78, 5) is 59.2. The molecule has 12 heteroatoms. The first-order chi connectivity index (χ1) is 21.6. The fourth-order valence-electron chi connectivity index (χ4n) is 6.12. The maximum absolute atomic E-state index is 14.4. The summed E-state index contributed by atoms with van der Waals surface area (Å²) in [6, 6.07) is 12.6. The van der Waals surface area contributed by atoms with Gasteiger partial charge >= 0.3 is 6.09 Å². The van der Waals surface area contributed by atoms with Gasteiger partial charge < -0.3 is 25.3 Å². The molecular weight excluding hydrogens is 591 g/mol. The van der Waals surface area contributed by atoms with Gasteiger partial charge in [-0.15, -0.1) is 0 Å². The van der Waals surface area contributed by atoms with Crippen molar-refractivity contribution in [3.05, 3.63) is 71.7 Å². The van der Waals surface area contributed by atoms with Crippen LogP contribution in [0, 0.1) is 11.2 Å². The Balaban J connectivity index is 1.43. The molecule has 1 unspecified atom stereocenters. The molecule has 0 saturated carbocycles. The van der Waals surface area contributed by atoms with Crippen LogP contribution in [0.3, 0.4) is 0 Å². The zero-order valence-corrected chi connectivity index (χ0v) is 27.1. The van der Waals surface area contributed by atoms with Crippen molar-refractivity contribution in [1.29, 1.82) is 0 Å². The number of fused-ring (bicyclic) bond motifs is 2. The van der Waals surface area contributed by atoms with E-state index in [1.165, 1.54) is 31.0 Å². The number of nitrogens with zero attached hydrogens (tertiary/aromatic N) is 3. The van der Waals surface area contributed by atoms with Crippen molar-refractivity contribution in [3.8, 4) is 0 Å². The van der Waals surface area contributed by atoms with E-state index < -0.39 is 34.6 Å². The lowest BCUT2D eigenvalue weighted by molar-refractivity contribution is -0.142. The first-order valence-corrected chi connectivity index (χ1v) is 15.3. The van der Waals surface area contributed by atoms with Crippen LogP contribution < -0.4 is 10.6 Å². The van der Waals surface area contributed by atoms with Gasteiger partial charge in [0, 0.05) is 50.1 Å². The van der Waals surface area contributed by atoms with Crippen molar-refractivity contribution in [3.63, 3.8) is 0 Å². The Kier molecular flexibility index (Phi) is 8.67. The second kappa shape index (κ2) is 12.2. The number of aromatic nitrogens is 1. The highest BCUT2D eigenvalue weighted by Crippen LogP contribution is 2.38. The van der Waals surface area contributed by atoms with Gasteiger partial charge in [-0.25, -0.2) is 14.2 Å². The Bertz CT molecular complexity index is 1690.